The van der Waals surface area contributed by atoms with Gasteiger partial charge in [0.05, 0.1) is 5.41 Å². The van der Waals surface area contributed by atoms with Gasteiger partial charge in [-0.25, -0.2) is 0 Å². The fraction of sp³-hybridized carbons (Fsp3) is 0.941. The second-order valence-corrected chi connectivity index (χ2v) is 7.93. The van der Waals surface area contributed by atoms with Crippen LogP contribution in [0.15, 0.2) is 0 Å². The fourth-order valence-electron chi connectivity index (χ4n) is 3.99. The second-order valence-electron chi connectivity index (χ2n) is 7.93. The normalized spacial score (nSPS) is 36.2. The lowest BCUT2D eigenvalue weighted by Crippen LogP contribution is -2.41. The van der Waals surface area contributed by atoms with Gasteiger partial charge in [0.15, 0.2) is 0 Å². The summed E-state index contributed by atoms with van der Waals surface area (Å²) in [6, 6.07) is 0.625. The number of aliphatic carboxylic acids is 1. The first-order valence-electron chi connectivity index (χ1n) is 8.26. The molecule has 3 nitrogen and oxygen atoms in total. The number of hydrogen-bond acceptors (Lipinski definition) is 2. The first kappa shape index (κ1) is 15.8. The smallest absolute Gasteiger partial charge is 0.310 e. The van der Waals surface area contributed by atoms with E-state index in [1.807, 2.05) is 6.92 Å². The highest BCUT2D eigenvalue weighted by molar-refractivity contribution is 5.74. The maximum absolute atomic E-state index is 11.3. The largest absolute Gasteiger partial charge is 0.481 e. The molecule has 116 valence electrons. The number of carboxylic acids is 1. The van der Waals surface area contributed by atoms with Gasteiger partial charge >= 0.3 is 5.97 Å². The van der Waals surface area contributed by atoms with Gasteiger partial charge in [0.25, 0.3) is 0 Å². The van der Waals surface area contributed by atoms with Crippen LogP contribution in [0.1, 0.15) is 66.2 Å². The van der Waals surface area contributed by atoms with Crippen LogP contribution in [0.25, 0.3) is 0 Å². The SMILES string of the molecule is CCC(C)(C)C1CCC(N2CCC(C)(C(=O)O)C2)CC1. The highest BCUT2D eigenvalue weighted by atomic mass is 16.4. The van der Waals surface area contributed by atoms with Crippen molar-refractivity contribution in [2.75, 3.05) is 13.1 Å². The van der Waals surface area contributed by atoms with Crippen molar-refractivity contribution in [2.24, 2.45) is 16.7 Å². The molecule has 0 spiro atoms. The average molecular weight is 281 g/mol. The van der Waals surface area contributed by atoms with Crippen molar-refractivity contribution in [1.29, 1.82) is 0 Å². The molecule has 0 amide bonds. The summed E-state index contributed by atoms with van der Waals surface area (Å²) in [5.41, 5.74) is -0.0505. The second kappa shape index (κ2) is 5.67. The summed E-state index contributed by atoms with van der Waals surface area (Å²) in [7, 11) is 0. The minimum absolute atomic E-state index is 0.464. The average Bonchev–Trinajstić information content (AvgIpc) is 2.83. The maximum Gasteiger partial charge on any atom is 0.310 e. The minimum Gasteiger partial charge on any atom is -0.481 e. The molecule has 0 radical (unpaired) electrons. The van der Waals surface area contributed by atoms with Crippen molar-refractivity contribution in [2.45, 2.75) is 72.3 Å². The summed E-state index contributed by atoms with van der Waals surface area (Å²) in [6.45, 7) is 10.7. The van der Waals surface area contributed by atoms with E-state index in [1.165, 1.54) is 32.1 Å². The number of carboxylic acid groups (broad SMARTS) is 1. The van der Waals surface area contributed by atoms with Gasteiger partial charge in [-0.2, -0.15) is 0 Å². The third-order valence-electron chi connectivity index (χ3n) is 6.25. The van der Waals surface area contributed by atoms with Gasteiger partial charge in [0.2, 0.25) is 0 Å². The Balaban J connectivity index is 1.88. The van der Waals surface area contributed by atoms with Crippen molar-refractivity contribution < 1.29 is 9.90 Å². The first-order chi connectivity index (χ1) is 9.28. The summed E-state index contributed by atoms with van der Waals surface area (Å²) in [4.78, 5) is 13.8. The monoisotopic (exact) mass is 281 g/mol. The summed E-state index contributed by atoms with van der Waals surface area (Å²) >= 11 is 0. The molecular formula is C17H31NO2. The van der Waals surface area contributed by atoms with Gasteiger partial charge in [-0.15, -0.1) is 0 Å². The number of nitrogens with zero attached hydrogens (tertiary/aromatic N) is 1. The van der Waals surface area contributed by atoms with Gasteiger partial charge in [-0.05, 0) is 56.9 Å². The first-order valence-corrected chi connectivity index (χ1v) is 8.26. The molecule has 0 bridgehead atoms. The Bertz CT molecular complexity index is 358. The third-order valence-corrected chi connectivity index (χ3v) is 6.25. The van der Waals surface area contributed by atoms with E-state index < -0.39 is 11.4 Å². The van der Waals surface area contributed by atoms with E-state index in [9.17, 15) is 9.90 Å². The predicted molar refractivity (Wildman–Crippen MR) is 81.8 cm³/mol. The standard InChI is InChI=1S/C17H31NO2/c1-5-16(2,3)13-6-8-14(9-7-13)18-11-10-17(4,12-18)15(19)20/h13-14H,5-12H2,1-4H3,(H,19,20). The molecule has 1 N–H and O–H groups in total. The van der Waals surface area contributed by atoms with Crippen molar-refractivity contribution in [3.63, 3.8) is 0 Å². The molecule has 1 saturated carbocycles. The Morgan fingerprint density at radius 2 is 1.90 bits per heavy atom. The topological polar surface area (TPSA) is 40.5 Å². The zero-order chi connectivity index (χ0) is 15.0. The van der Waals surface area contributed by atoms with Crippen LogP contribution < -0.4 is 0 Å². The summed E-state index contributed by atoms with van der Waals surface area (Å²) in [5, 5.41) is 9.34. The van der Waals surface area contributed by atoms with E-state index in [1.54, 1.807) is 0 Å². The number of rotatable bonds is 4. The van der Waals surface area contributed by atoms with Gasteiger partial charge in [0, 0.05) is 12.6 Å². The summed E-state index contributed by atoms with van der Waals surface area (Å²) in [6.07, 6.45) is 7.19. The maximum atomic E-state index is 11.3. The van der Waals surface area contributed by atoms with Crippen LogP contribution in [0.3, 0.4) is 0 Å². The Kier molecular flexibility index (Phi) is 4.48. The fourth-order valence-corrected chi connectivity index (χ4v) is 3.99. The van der Waals surface area contributed by atoms with Gasteiger partial charge in [0.1, 0.15) is 0 Å². The molecule has 2 fully saturated rings. The lowest BCUT2D eigenvalue weighted by Gasteiger charge is -2.41. The molecule has 3 heteroatoms. The van der Waals surface area contributed by atoms with E-state index in [0.717, 1.165) is 25.4 Å². The predicted octanol–water partition coefficient (Wildman–Crippen LogP) is 3.78. The quantitative estimate of drug-likeness (QED) is 0.852. The molecule has 1 aliphatic heterocycles. The molecule has 0 aromatic carbocycles. The zero-order valence-electron chi connectivity index (χ0n) is 13.6. The highest BCUT2D eigenvalue weighted by Crippen LogP contribution is 2.43. The van der Waals surface area contributed by atoms with Crippen LogP contribution in [-0.4, -0.2) is 35.1 Å². The van der Waals surface area contributed by atoms with Crippen molar-refractivity contribution in [1.82, 2.24) is 4.90 Å². The molecule has 1 heterocycles. The zero-order valence-corrected chi connectivity index (χ0v) is 13.6. The van der Waals surface area contributed by atoms with Crippen LogP contribution >= 0.6 is 0 Å². The number of likely N-dealkylation sites (tertiary alicyclic amines) is 1. The summed E-state index contributed by atoms with van der Waals surface area (Å²) < 4.78 is 0. The Morgan fingerprint density at radius 1 is 1.30 bits per heavy atom. The van der Waals surface area contributed by atoms with Crippen LogP contribution in [0.5, 0.6) is 0 Å². The van der Waals surface area contributed by atoms with Crippen molar-refractivity contribution in [3.8, 4) is 0 Å². The van der Waals surface area contributed by atoms with E-state index in [2.05, 4.69) is 25.7 Å². The van der Waals surface area contributed by atoms with Crippen LogP contribution in [0, 0.1) is 16.7 Å². The molecule has 1 atom stereocenters. The third kappa shape index (κ3) is 3.03. The Labute approximate surface area is 123 Å². The van der Waals surface area contributed by atoms with E-state index >= 15 is 0 Å². The molecule has 0 aromatic heterocycles. The Morgan fingerprint density at radius 3 is 2.35 bits per heavy atom. The summed E-state index contributed by atoms with van der Waals surface area (Å²) in [5.74, 6) is 0.220. The Hall–Kier alpha value is -0.570. The van der Waals surface area contributed by atoms with Crippen LogP contribution in [-0.2, 0) is 4.79 Å². The highest BCUT2D eigenvalue weighted by Gasteiger charge is 2.43. The molecular weight excluding hydrogens is 250 g/mol. The van der Waals surface area contributed by atoms with Crippen molar-refractivity contribution in [3.05, 3.63) is 0 Å². The van der Waals surface area contributed by atoms with Crippen LogP contribution in [0.4, 0.5) is 0 Å². The lowest BCUT2D eigenvalue weighted by molar-refractivity contribution is -0.147. The van der Waals surface area contributed by atoms with Gasteiger partial charge < -0.3 is 5.11 Å². The molecule has 20 heavy (non-hydrogen) atoms. The van der Waals surface area contributed by atoms with Gasteiger partial charge in [-0.1, -0.05) is 27.2 Å². The number of carbonyl (C=O) groups is 1. The van der Waals surface area contributed by atoms with E-state index in [4.69, 9.17) is 0 Å². The molecule has 1 unspecified atom stereocenters. The molecule has 0 aromatic rings. The van der Waals surface area contributed by atoms with Crippen molar-refractivity contribution >= 4 is 5.97 Å². The molecule has 1 saturated heterocycles. The number of hydrogen-bond donors (Lipinski definition) is 1. The lowest BCUT2D eigenvalue weighted by atomic mass is 9.68. The molecule has 2 rings (SSSR count). The molecule has 1 aliphatic carbocycles. The molecule has 2 aliphatic rings. The minimum atomic E-state index is -0.624. The van der Waals surface area contributed by atoms with Crippen LogP contribution in [0.2, 0.25) is 0 Å². The van der Waals surface area contributed by atoms with E-state index in [-0.39, 0.29) is 0 Å². The van der Waals surface area contributed by atoms with Gasteiger partial charge in [-0.3, -0.25) is 9.69 Å². The van der Waals surface area contributed by atoms with E-state index in [0.29, 0.717) is 11.5 Å².